The second-order valence-corrected chi connectivity index (χ2v) is 6.85. The third-order valence-corrected chi connectivity index (χ3v) is 4.96. The van der Waals surface area contributed by atoms with Crippen LogP contribution < -0.4 is 10.6 Å². The van der Waals surface area contributed by atoms with Crippen molar-refractivity contribution < 1.29 is 0 Å². The molecule has 2 aromatic carbocycles. The van der Waals surface area contributed by atoms with Crippen LogP contribution in [0.5, 0.6) is 0 Å². The van der Waals surface area contributed by atoms with Crippen LogP contribution in [0.4, 0.5) is 10.8 Å². The molecule has 112 valence electrons. The van der Waals surface area contributed by atoms with Crippen LogP contribution in [0, 0.1) is 6.92 Å². The molecule has 7 heteroatoms. The van der Waals surface area contributed by atoms with Gasteiger partial charge in [0.2, 0.25) is 0 Å². The highest BCUT2D eigenvalue weighted by atomic mass is 35.5. The van der Waals surface area contributed by atoms with E-state index >= 15 is 0 Å². The molecule has 0 saturated heterocycles. The fourth-order valence-electron chi connectivity index (χ4n) is 1.96. The topological polar surface area (TPSA) is 37.0 Å². The maximum atomic E-state index is 6.13. The summed E-state index contributed by atoms with van der Waals surface area (Å²) in [5, 5.41) is 8.69. The summed E-state index contributed by atoms with van der Waals surface area (Å²) in [6, 6.07) is 11.3. The first-order chi connectivity index (χ1) is 10.5. The average molecular weight is 368 g/mol. The molecule has 3 nitrogen and oxygen atoms in total. The van der Waals surface area contributed by atoms with Gasteiger partial charge in [0, 0.05) is 10.7 Å². The summed E-state index contributed by atoms with van der Waals surface area (Å²) in [6.45, 7) is 1.94. The van der Waals surface area contributed by atoms with Gasteiger partial charge in [-0.2, -0.15) is 0 Å². The van der Waals surface area contributed by atoms with E-state index in [0.29, 0.717) is 20.3 Å². The van der Waals surface area contributed by atoms with Gasteiger partial charge in [0.05, 0.1) is 9.72 Å². The van der Waals surface area contributed by atoms with E-state index in [1.807, 2.05) is 43.3 Å². The Kier molecular flexibility index (Phi) is 4.49. The lowest BCUT2D eigenvalue weighted by molar-refractivity contribution is 1.44. The lowest BCUT2D eigenvalue weighted by Gasteiger charge is -2.11. The second kappa shape index (κ2) is 6.38. The van der Waals surface area contributed by atoms with Crippen LogP contribution in [-0.4, -0.2) is 10.1 Å². The minimum Gasteiger partial charge on any atom is -0.332 e. The number of fused-ring (bicyclic) bond motifs is 1. The predicted octanol–water partition coefficient (Wildman–Crippen LogP) is 5.72. The lowest BCUT2D eigenvalue weighted by atomic mass is 10.2. The zero-order valence-electron chi connectivity index (χ0n) is 11.5. The molecule has 0 radical (unpaired) electrons. The third kappa shape index (κ3) is 3.17. The van der Waals surface area contributed by atoms with E-state index in [-0.39, 0.29) is 0 Å². The number of rotatable bonds is 2. The van der Waals surface area contributed by atoms with Gasteiger partial charge in [-0.25, -0.2) is 4.98 Å². The number of hydrogen-bond donors (Lipinski definition) is 2. The van der Waals surface area contributed by atoms with Crippen molar-refractivity contribution in [3.63, 3.8) is 0 Å². The van der Waals surface area contributed by atoms with Crippen LogP contribution in [0.25, 0.3) is 10.2 Å². The highest BCUT2D eigenvalue weighted by molar-refractivity contribution is 7.80. The van der Waals surface area contributed by atoms with Crippen LogP contribution in [0.15, 0.2) is 36.4 Å². The summed E-state index contributed by atoms with van der Waals surface area (Å²) < 4.78 is 1.01. The largest absolute Gasteiger partial charge is 0.332 e. The normalized spacial score (nSPS) is 10.7. The number of halogens is 2. The van der Waals surface area contributed by atoms with Crippen LogP contribution >= 0.6 is 46.8 Å². The number of nitrogens with one attached hydrogen (secondary N) is 2. The number of aromatic nitrogens is 1. The molecular formula is C15H11Cl2N3S2. The summed E-state index contributed by atoms with van der Waals surface area (Å²) in [5.74, 6) is 0. The minimum atomic E-state index is 0.459. The Bertz CT molecular complexity index is 861. The molecule has 0 aliphatic heterocycles. The summed E-state index contributed by atoms with van der Waals surface area (Å²) in [6.07, 6.45) is 0. The van der Waals surface area contributed by atoms with Gasteiger partial charge >= 0.3 is 0 Å². The number of hydrogen-bond acceptors (Lipinski definition) is 3. The van der Waals surface area contributed by atoms with Gasteiger partial charge in [-0.1, -0.05) is 46.7 Å². The first kappa shape index (κ1) is 15.5. The lowest BCUT2D eigenvalue weighted by Crippen LogP contribution is -2.19. The zero-order chi connectivity index (χ0) is 15.7. The molecule has 3 aromatic rings. The predicted molar refractivity (Wildman–Crippen MR) is 101 cm³/mol. The van der Waals surface area contributed by atoms with Crippen molar-refractivity contribution >= 4 is 72.9 Å². The summed E-state index contributed by atoms with van der Waals surface area (Å²) in [5.41, 5.74) is 2.59. The number of thiazole rings is 1. The zero-order valence-corrected chi connectivity index (χ0v) is 14.6. The first-order valence-electron chi connectivity index (χ1n) is 6.43. The van der Waals surface area contributed by atoms with Gasteiger partial charge < -0.3 is 10.6 Å². The van der Waals surface area contributed by atoms with Crippen molar-refractivity contribution in [2.45, 2.75) is 6.92 Å². The second-order valence-electron chi connectivity index (χ2n) is 4.60. The molecule has 1 heterocycles. The molecule has 0 spiro atoms. The molecule has 2 N–H and O–H groups in total. The number of para-hydroxylation sites is 1. The molecule has 0 atom stereocenters. The molecule has 0 aliphatic carbocycles. The molecule has 0 bridgehead atoms. The maximum Gasteiger partial charge on any atom is 0.190 e. The molecular weight excluding hydrogens is 357 g/mol. The van der Waals surface area contributed by atoms with Crippen molar-refractivity contribution in [3.05, 3.63) is 52.0 Å². The fraction of sp³-hybridized carbons (Fsp3) is 0.0667. The van der Waals surface area contributed by atoms with E-state index in [4.69, 9.17) is 35.4 Å². The number of anilines is 2. The minimum absolute atomic E-state index is 0.459. The highest BCUT2D eigenvalue weighted by Gasteiger charge is 2.09. The van der Waals surface area contributed by atoms with Crippen molar-refractivity contribution in [3.8, 4) is 0 Å². The van der Waals surface area contributed by atoms with Crippen LogP contribution in [0.1, 0.15) is 5.56 Å². The van der Waals surface area contributed by atoms with Crippen LogP contribution in [0.3, 0.4) is 0 Å². The Labute approximate surface area is 147 Å². The van der Waals surface area contributed by atoms with Gasteiger partial charge in [0.1, 0.15) is 5.52 Å². The summed E-state index contributed by atoms with van der Waals surface area (Å²) in [7, 11) is 0. The maximum absolute atomic E-state index is 6.13. The Morgan fingerprint density at radius 1 is 1.09 bits per heavy atom. The number of benzene rings is 2. The van der Waals surface area contributed by atoms with Crippen LogP contribution in [0.2, 0.25) is 10.0 Å². The first-order valence-corrected chi connectivity index (χ1v) is 8.41. The molecule has 3 rings (SSSR count). The van der Waals surface area contributed by atoms with Gasteiger partial charge in [0.15, 0.2) is 10.2 Å². The number of nitrogens with zero attached hydrogens (tertiary/aromatic N) is 1. The van der Waals surface area contributed by atoms with E-state index in [0.717, 1.165) is 21.5 Å². The average Bonchev–Trinajstić information content (AvgIpc) is 2.88. The van der Waals surface area contributed by atoms with E-state index in [1.165, 1.54) is 11.3 Å². The molecule has 1 aromatic heterocycles. The Morgan fingerprint density at radius 2 is 1.82 bits per heavy atom. The van der Waals surface area contributed by atoms with Gasteiger partial charge in [-0.15, -0.1) is 0 Å². The van der Waals surface area contributed by atoms with Crippen molar-refractivity contribution in [1.29, 1.82) is 0 Å². The van der Waals surface area contributed by atoms with E-state index in [1.54, 1.807) is 0 Å². The third-order valence-electron chi connectivity index (χ3n) is 3.11. The molecule has 0 unspecified atom stereocenters. The standard InChI is InChI=1S/C15H11Cl2N3S2/c1-8-9(16)4-2-6-11(8)18-14(21)20-15-19-13-10(17)5-3-7-12(13)22-15/h2-7H,1H3,(H2,18,19,20,21). The molecule has 22 heavy (non-hydrogen) atoms. The summed E-state index contributed by atoms with van der Waals surface area (Å²) >= 11 is 19.1. The van der Waals surface area contributed by atoms with E-state index in [9.17, 15) is 0 Å². The molecule has 0 amide bonds. The summed E-state index contributed by atoms with van der Waals surface area (Å²) in [4.78, 5) is 4.46. The van der Waals surface area contributed by atoms with Crippen molar-refractivity contribution in [2.75, 3.05) is 10.6 Å². The molecule has 0 fully saturated rings. The van der Waals surface area contributed by atoms with E-state index in [2.05, 4.69) is 15.6 Å². The molecule has 0 aliphatic rings. The Balaban J connectivity index is 1.78. The Hall–Kier alpha value is -1.40. The highest BCUT2D eigenvalue weighted by Crippen LogP contribution is 2.31. The van der Waals surface area contributed by atoms with E-state index < -0.39 is 0 Å². The fourth-order valence-corrected chi connectivity index (χ4v) is 3.58. The smallest absolute Gasteiger partial charge is 0.190 e. The van der Waals surface area contributed by atoms with Gasteiger partial charge in [-0.3, -0.25) is 0 Å². The molecule has 0 saturated carbocycles. The van der Waals surface area contributed by atoms with Gasteiger partial charge in [-0.05, 0) is 49.0 Å². The van der Waals surface area contributed by atoms with Crippen LogP contribution in [-0.2, 0) is 0 Å². The SMILES string of the molecule is Cc1c(Cl)cccc1NC(=S)Nc1nc2c(Cl)cccc2s1. The number of thiocarbonyl (C=S) groups is 1. The van der Waals surface area contributed by atoms with Crippen molar-refractivity contribution in [2.24, 2.45) is 0 Å². The Morgan fingerprint density at radius 3 is 2.59 bits per heavy atom. The quantitative estimate of drug-likeness (QED) is 0.567. The van der Waals surface area contributed by atoms with Crippen molar-refractivity contribution in [1.82, 2.24) is 4.98 Å². The monoisotopic (exact) mass is 367 g/mol. The van der Waals surface area contributed by atoms with Gasteiger partial charge in [0.25, 0.3) is 0 Å².